The van der Waals surface area contributed by atoms with Gasteiger partial charge in [0.2, 0.25) is 15.9 Å². The van der Waals surface area contributed by atoms with Crippen molar-refractivity contribution >= 4 is 44.9 Å². The Labute approximate surface area is 215 Å². The zero-order valence-electron chi connectivity index (χ0n) is 18.7. The first-order valence-electron chi connectivity index (χ1n) is 11.0. The minimum Gasteiger partial charge on any atom is -0.392 e. The maximum Gasteiger partial charge on any atom is 0.434 e. The van der Waals surface area contributed by atoms with Gasteiger partial charge in [-0.2, -0.15) is 9.40 Å². The molecule has 1 aromatic carbocycles. The van der Waals surface area contributed by atoms with Gasteiger partial charge in [0.1, 0.15) is 10.7 Å². The molecule has 1 fully saturated rings. The molecule has 14 heteroatoms. The third-order valence-electron chi connectivity index (χ3n) is 6.19. The fraction of sp³-hybridized carbons (Fsp3) is 0.273. The zero-order valence-corrected chi connectivity index (χ0v) is 21.1. The van der Waals surface area contributed by atoms with Crippen molar-refractivity contribution in [3.05, 3.63) is 80.8 Å². The highest BCUT2D eigenvalue weighted by Gasteiger charge is 2.44. The van der Waals surface area contributed by atoms with E-state index in [1.807, 2.05) is 18.2 Å². The van der Waals surface area contributed by atoms with Crippen LogP contribution in [0.4, 0.5) is 11.6 Å². The quantitative estimate of drug-likeness (QED) is 0.317. The van der Waals surface area contributed by atoms with E-state index in [2.05, 4.69) is 30.7 Å². The van der Waals surface area contributed by atoms with E-state index in [-0.39, 0.29) is 33.9 Å². The van der Waals surface area contributed by atoms with Gasteiger partial charge in [0.15, 0.2) is 5.82 Å². The number of piperidine rings is 1. The van der Waals surface area contributed by atoms with Crippen LogP contribution in [0.3, 0.4) is 0 Å². The molecule has 0 aliphatic carbocycles. The molecular formula is C22H21Cl2N7O4S. The van der Waals surface area contributed by atoms with Crippen LogP contribution in [0, 0.1) is 0 Å². The van der Waals surface area contributed by atoms with Crippen LogP contribution < -0.4 is 11.1 Å². The third-order valence-corrected chi connectivity index (χ3v) is 9.06. The second-order valence-electron chi connectivity index (χ2n) is 8.43. The lowest BCUT2D eigenvalue weighted by atomic mass is 9.75. The molecule has 1 saturated heterocycles. The Morgan fingerprint density at radius 1 is 1.06 bits per heavy atom. The maximum absolute atomic E-state index is 13.3. The average molecular weight is 550 g/mol. The molecule has 1 aliphatic heterocycles. The minimum absolute atomic E-state index is 0.0141. The van der Waals surface area contributed by atoms with E-state index < -0.39 is 21.2 Å². The molecule has 188 valence electrons. The molecule has 0 atom stereocenters. The van der Waals surface area contributed by atoms with Crippen molar-refractivity contribution in [2.75, 3.05) is 18.4 Å². The summed E-state index contributed by atoms with van der Waals surface area (Å²) in [6.45, 7) is 0.319. The van der Waals surface area contributed by atoms with Crippen LogP contribution in [-0.4, -0.2) is 51.2 Å². The standard InChI is InChI=1S/C22H21Cl2N7O4S/c23-15-4-2-5-16(19(15)24)36(33,34)31-11-8-22(9-12-31,20-29-30-21(32)35-20)13-14-3-1-6-17(26-14)27-18-7-10-25-28-18/h1-7,10H,8-9,11-13H2,(H,30,32)(H2,25,26,27,28). The van der Waals surface area contributed by atoms with E-state index in [4.69, 9.17) is 27.6 Å². The van der Waals surface area contributed by atoms with Gasteiger partial charge >= 0.3 is 5.76 Å². The number of H-pyrrole nitrogens is 2. The number of aromatic nitrogens is 5. The molecule has 5 rings (SSSR count). The number of sulfonamides is 1. The van der Waals surface area contributed by atoms with E-state index in [9.17, 15) is 13.2 Å². The molecule has 0 unspecified atom stereocenters. The van der Waals surface area contributed by atoms with Gasteiger partial charge in [0.25, 0.3) is 0 Å². The first-order chi connectivity index (χ1) is 17.3. The second kappa shape index (κ2) is 9.69. The Balaban J connectivity index is 1.41. The number of rotatable bonds is 7. The maximum atomic E-state index is 13.3. The van der Waals surface area contributed by atoms with Gasteiger partial charge in [0.05, 0.1) is 15.5 Å². The summed E-state index contributed by atoms with van der Waals surface area (Å²) in [5.74, 6) is 0.754. The van der Waals surface area contributed by atoms with Crippen molar-refractivity contribution in [2.45, 2.75) is 29.6 Å². The van der Waals surface area contributed by atoms with E-state index in [1.165, 1.54) is 16.4 Å². The van der Waals surface area contributed by atoms with E-state index in [0.29, 0.717) is 30.9 Å². The Morgan fingerprint density at radius 3 is 2.53 bits per heavy atom. The van der Waals surface area contributed by atoms with Crippen molar-refractivity contribution in [3.63, 3.8) is 0 Å². The molecule has 36 heavy (non-hydrogen) atoms. The topological polar surface area (TPSA) is 150 Å². The van der Waals surface area contributed by atoms with E-state index in [0.717, 1.165) is 5.69 Å². The monoisotopic (exact) mass is 549 g/mol. The fourth-order valence-electron chi connectivity index (χ4n) is 4.36. The van der Waals surface area contributed by atoms with Crippen molar-refractivity contribution in [1.29, 1.82) is 0 Å². The van der Waals surface area contributed by atoms with Crippen LogP contribution in [0.15, 0.2) is 62.8 Å². The smallest absolute Gasteiger partial charge is 0.392 e. The number of anilines is 2. The molecular weight excluding hydrogens is 529 g/mol. The number of hydrogen-bond acceptors (Lipinski definition) is 8. The summed E-state index contributed by atoms with van der Waals surface area (Å²) in [7, 11) is -3.89. The van der Waals surface area contributed by atoms with Gasteiger partial charge in [0, 0.05) is 37.5 Å². The van der Waals surface area contributed by atoms with Crippen LogP contribution in [-0.2, 0) is 21.9 Å². The molecule has 0 amide bonds. The number of benzene rings is 1. The Kier molecular flexibility index (Phi) is 6.60. The highest BCUT2D eigenvalue weighted by molar-refractivity contribution is 7.89. The SMILES string of the molecule is O=c1[nH]nc(C2(Cc3cccc(Nc4cc[nH]n4)n3)CCN(S(=O)(=O)c3cccc(Cl)c3Cl)CC2)o1. The molecule has 1 aliphatic rings. The van der Waals surface area contributed by atoms with Crippen molar-refractivity contribution in [2.24, 2.45) is 0 Å². The molecule has 0 bridgehead atoms. The molecule has 3 N–H and O–H groups in total. The molecule has 4 heterocycles. The van der Waals surface area contributed by atoms with Gasteiger partial charge in [-0.25, -0.2) is 23.3 Å². The summed E-state index contributed by atoms with van der Waals surface area (Å²) in [5, 5.41) is 16.5. The van der Waals surface area contributed by atoms with Gasteiger partial charge in [-0.15, -0.1) is 5.10 Å². The van der Waals surface area contributed by atoms with Crippen LogP contribution >= 0.6 is 23.2 Å². The first kappa shape index (κ1) is 24.5. The number of pyridine rings is 1. The lowest BCUT2D eigenvalue weighted by molar-refractivity contribution is 0.190. The Bertz CT molecular complexity index is 1530. The number of aromatic amines is 2. The number of halogens is 2. The summed E-state index contributed by atoms with van der Waals surface area (Å²) in [6.07, 6.45) is 2.76. The second-order valence-corrected chi connectivity index (χ2v) is 11.1. The summed E-state index contributed by atoms with van der Waals surface area (Å²) in [4.78, 5) is 16.4. The van der Waals surface area contributed by atoms with Crippen molar-refractivity contribution in [3.8, 4) is 0 Å². The zero-order chi connectivity index (χ0) is 25.3. The highest BCUT2D eigenvalue weighted by Crippen LogP contribution is 2.40. The minimum atomic E-state index is -3.89. The predicted octanol–water partition coefficient (Wildman–Crippen LogP) is 3.50. The summed E-state index contributed by atoms with van der Waals surface area (Å²) >= 11 is 12.2. The molecule has 0 spiro atoms. The van der Waals surface area contributed by atoms with E-state index >= 15 is 0 Å². The molecule has 0 radical (unpaired) electrons. The predicted molar refractivity (Wildman–Crippen MR) is 133 cm³/mol. The lowest BCUT2D eigenvalue weighted by Crippen LogP contribution is -2.46. The van der Waals surface area contributed by atoms with Gasteiger partial charge in [-0.05, 0) is 37.1 Å². The van der Waals surface area contributed by atoms with Crippen molar-refractivity contribution < 1.29 is 12.8 Å². The average Bonchev–Trinajstić information content (AvgIpc) is 3.53. The molecule has 11 nitrogen and oxygen atoms in total. The number of hydrogen-bond donors (Lipinski definition) is 3. The van der Waals surface area contributed by atoms with Gasteiger partial charge in [-0.3, -0.25) is 5.10 Å². The van der Waals surface area contributed by atoms with Gasteiger partial charge in [-0.1, -0.05) is 35.3 Å². The summed E-state index contributed by atoms with van der Waals surface area (Å²) in [5.41, 5.74) is -0.0308. The highest BCUT2D eigenvalue weighted by atomic mass is 35.5. The normalized spacial score (nSPS) is 16.2. The molecule has 0 saturated carbocycles. The summed E-state index contributed by atoms with van der Waals surface area (Å²) < 4.78 is 33.4. The molecule has 4 aromatic rings. The Morgan fingerprint density at radius 2 is 1.83 bits per heavy atom. The van der Waals surface area contributed by atoms with Crippen molar-refractivity contribution in [1.82, 2.24) is 29.7 Å². The van der Waals surface area contributed by atoms with Crippen LogP contribution in [0.5, 0.6) is 0 Å². The third kappa shape index (κ3) is 4.76. The van der Waals surface area contributed by atoms with Crippen LogP contribution in [0.25, 0.3) is 0 Å². The van der Waals surface area contributed by atoms with E-state index in [1.54, 1.807) is 18.3 Å². The molecule has 3 aromatic heterocycles. The lowest BCUT2D eigenvalue weighted by Gasteiger charge is -2.38. The Hall–Kier alpha value is -3.19. The van der Waals surface area contributed by atoms with Crippen LogP contribution in [0.1, 0.15) is 24.4 Å². The number of nitrogens with zero attached hydrogens (tertiary/aromatic N) is 4. The number of nitrogens with one attached hydrogen (secondary N) is 3. The largest absolute Gasteiger partial charge is 0.434 e. The summed E-state index contributed by atoms with van der Waals surface area (Å²) in [6, 6.07) is 11.8. The van der Waals surface area contributed by atoms with Crippen LogP contribution in [0.2, 0.25) is 10.0 Å². The fourth-order valence-corrected chi connectivity index (χ4v) is 6.53. The van der Waals surface area contributed by atoms with Gasteiger partial charge < -0.3 is 9.73 Å². The first-order valence-corrected chi connectivity index (χ1v) is 13.2.